The van der Waals surface area contributed by atoms with E-state index in [-0.39, 0.29) is 5.91 Å². The third-order valence-corrected chi connectivity index (χ3v) is 4.69. The number of furan rings is 1. The van der Waals surface area contributed by atoms with Gasteiger partial charge in [-0.15, -0.1) is 11.3 Å². The summed E-state index contributed by atoms with van der Waals surface area (Å²) in [5.41, 5.74) is 5.48. The van der Waals surface area contributed by atoms with Crippen molar-refractivity contribution in [2.75, 3.05) is 0 Å². The summed E-state index contributed by atoms with van der Waals surface area (Å²) in [6, 6.07) is 7.73. The fourth-order valence-corrected chi connectivity index (χ4v) is 2.97. The predicted molar refractivity (Wildman–Crippen MR) is 84.8 cm³/mol. The normalized spacial score (nSPS) is 11.6. The van der Waals surface area contributed by atoms with E-state index in [2.05, 4.69) is 0 Å². The number of hydrogen-bond acceptors (Lipinski definition) is 4. The van der Waals surface area contributed by atoms with Crippen LogP contribution < -0.4 is 5.73 Å². The highest BCUT2D eigenvalue weighted by Crippen LogP contribution is 2.21. The van der Waals surface area contributed by atoms with Crippen LogP contribution in [0.3, 0.4) is 0 Å². The van der Waals surface area contributed by atoms with Crippen LogP contribution in [-0.2, 0) is 17.9 Å². The highest BCUT2D eigenvalue weighted by atomic mass is 32.1. The molecule has 2 rings (SSSR count). The van der Waals surface area contributed by atoms with Gasteiger partial charge in [0.1, 0.15) is 5.76 Å². The molecule has 0 saturated carbocycles. The second-order valence-corrected chi connectivity index (χ2v) is 6.22. The Balaban J connectivity index is 2.20. The first-order chi connectivity index (χ1) is 10.1. The Morgan fingerprint density at radius 3 is 2.57 bits per heavy atom. The molecule has 0 unspecified atom stereocenters. The van der Waals surface area contributed by atoms with Gasteiger partial charge in [-0.1, -0.05) is 19.9 Å². The highest BCUT2D eigenvalue weighted by molar-refractivity contribution is 7.09. The SMILES string of the molecule is CCC(N)(CC)C(=O)N(Cc1ccco1)Cc1cccs1. The number of rotatable bonds is 7. The zero-order valence-corrected chi connectivity index (χ0v) is 13.4. The molecule has 2 heterocycles. The lowest BCUT2D eigenvalue weighted by molar-refractivity contribution is -0.138. The van der Waals surface area contributed by atoms with Gasteiger partial charge in [0.05, 0.1) is 24.9 Å². The average molecular weight is 306 g/mol. The van der Waals surface area contributed by atoms with E-state index in [0.29, 0.717) is 25.9 Å². The Labute approximate surface area is 129 Å². The third-order valence-electron chi connectivity index (χ3n) is 3.83. The lowest BCUT2D eigenvalue weighted by atomic mass is 9.92. The Hall–Kier alpha value is -1.59. The van der Waals surface area contributed by atoms with Gasteiger partial charge in [-0.3, -0.25) is 4.79 Å². The summed E-state index contributed by atoms with van der Waals surface area (Å²) in [7, 11) is 0. The molecule has 0 aliphatic carbocycles. The maximum Gasteiger partial charge on any atom is 0.243 e. The molecular weight excluding hydrogens is 284 g/mol. The Morgan fingerprint density at radius 1 is 1.29 bits per heavy atom. The topological polar surface area (TPSA) is 59.5 Å². The fraction of sp³-hybridized carbons (Fsp3) is 0.438. The number of carbonyl (C=O) groups excluding carboxylic acids is 1. The van der Waals surface area contributed by atoms with E-state index in [4.69, 9.17) is 10.2 Å². The molecule has 0 atom stereocenters. The maximum absolute atomic E-state index is 12.8. The molecule has 0 aromatic carbocycles. The molecule has 0 spiro atoms. The molecule has 0 radical (unpaired) electrons. The summed E-state index contributed by atoms with van der Waals surface area (Å²) < 4.78 is 5.38. The molecule has 114 valence electrons. The summed E-state index contributed by atoms with van der Waals surface area (Å²) in [5.74, 6) is 0.756. The van der Waals surface area contributed by atoms with Crippen LogP contribution >= 0.6 is 11.3 Å². The Bertz CT molecular complexity index is 509. The summed E-state index contributed by atoms with van der Waals surface area (Å²) >= 11 is 1.64. The van der Waals surface area contributed by atoms with Crippen LogP contribution in [0, 0.1) is 0 Å². The zero-order chi connectivity index (χ0) is 15.3. The summed E-state index contributed by atoms with van der Waals surface area (Å²) in [6.07, 6.45) is 2.88. The van der Waals surface area contributed by atoms with Crippen molar-refractivity contribution in [3.05, 3.63) is 46.5 Å². The molecule has 0 bridgehead atoms. The van der Waals surface area contributed by atoms with Gasteiger partial charge >= 0.3 is 0 Å². The first kappa shape index (κ1) is 15.8. The molecule has 21 heavy (non-hydrogen) atoms. The minimum Gasteiger partial charge on any atom is -0.467 e. The summed E-state index contributed by atoms with van der Waals surface area (Å²) in [6.45, 7) is 4.92. The van der Waals surface area contributed by atoms with E-state index < -0.39 is 5.54 Å². The zero-order valence-electron chi connectivity index (χ0n) is 12.5. The van der Waals surface area contributed by atoms with E-state index in [0.717, 1.165) is 10.6 Å². The van der Waals surface area contributed by atoms with E-state index in [1.165, 1.54) is 0 Å². The predicted octanol–water partition coefficient (Wildman–Crippen LogP) is 3.39. The van der Waals surface area contributed by atoms with Crippen molar-refractivity contribution in [1.29, 1.82) is 0 Å². The smallest absolute Gasteiger partial charge is 0.243 e. The quantitative estimate of drug-likeness (QED) is 0.853. The first-order valence-corrected chi connectivity index (χ1v) is 8.10. The van der Waals surface area contributed by atoms with Crippen molar-refractivity contribution in [1.82, 2.24) is 4.90 Å². The molecule has 0 aliphatic heterocycles. The molecule has 2 aromatic rings. The molecule has 2 N–H and O–H groups in total. The van der Waals surface area contributed by atoms with Gasteiger partial charge in [-0.05, 0) is 36.4 Å². The van der Waals surface area contributed by atoms with Crippen LogP contribution in [-0.4, -0.2) is 16.3 Å². The number of carbonyl (C=O) groups is 1. The van der Waals surface area contributed by atoms with Gasteiger partial charge < -0.3 is 15.1 Å². The molecular formula is C16H22N2O2S. The molecule has 4 nitrogen and oxygen atoms in total. The largest absolute Gasteiger partial charge is 0.467 e. The fourth-order valence-electron chi connectivity index (χ4n) is 2.25. The maximum atomic E-state index is 12.8. The number of thiophene rings is 1. The summed E-state index contributed by atoms with van der Waals surface area (Å²) in [4.78, 5) is 15.8. The molecule has 2 aromatic heterocycles. The van der Waals surface area contributed by atoms with Gasteiger partial charge in [0.2, 0.25) is 5.91 Å². The van der Waals surface area contributed by atoms with Crippen molar-refractivity contribution in [2.45, 2.75) is 45.3 Å². The van der Waals surface area contributed by atoms with Crippen LogP contribution in [0.1, 0.15) is 37.3 Å². The molecule has 5 heteroatoms. The first-order valence-electron chi connectivity index (χ1n) is 7.22. The molecule has 0 aliphatic rings. The van der Waals surface area contributed by atoms with E-state index >= 15 is 0 Å². The van der Waals surface area contributed by atoms with Gasteiger partial charge in [0.25, 0.3) is 0 Å². The number of nitrogens with two attached hydrogens (primary N) is 1. The van der Waals surface area contributed by atoms with Crippen molar-refractivity contribution in [3.63, 3.8) is 0 Å². The minimum atomic E-state index is -0.802. The van der Waals surface area contributed by atoms with Crippen LogP contribution in [0.5, 0.6) is 0 Å². The lowest BCUT2D eigenvalue weighted by Crippen LogP contribution is -2.54. The van der Waals surface area contributed by atoms with Crippen LogP contribution in [0.25, 0.3) is 0 Å². The van der Waals surface area contributed by atoms with E-state index in [1.54, 1.807) is 22.5 Å². The van der Waals surface area contributed by atoms with Crippen molar-refractivity contribution in [2.24, 2.45) is 5.73 Å². The van der Waals surface area contributed by atoms with Crippen molar-refractivity contribution < 1.29 is 9.21 Å². The van der Waals surface area contributed by atoms with Gasteiger partial charge in [0, 0.05) is 4.88 Å². The average Bonchev–Trinajstić information content (AvgIpc) is 3.18. The molecule has 0 fully saturated rings. The highest BCUT2D eigenvalue weighted by Gasteiger charge is 2.34. The third kappa shape index (κ3) is 3.74. The lowest BCUT2D eigenvalue weighted by Gasteiger charge is -2.32. The van der Waals surface area contributed by atoms with Crippen LogP contribution in [0.2, 0.25) is 0 Å². The molecule has 0 saturated heterocycles. The number of amides is 1. The van der Waals surface area contributed by atoms with Crippen LogP contribution in [0.15, 0.2) is 40.3 Å². The van der Waals surface area contributed by atoms with Gasteiger partial charge in [0.15, 0.2) is 0 Å². The van der Waals surface area contributed by atoms with E-state index in [9.17, 15) is 4.79 Å². The standard InChI is InChI=1S/C16H22N2O2S/c1-3-16(17,4-2)15(19)18(11-13-7-5-9-20-13)12-14-8-6-10-21-14/h5-10H,3-4,11-12,17H2,1-2H3. The van der Waals surface area contributed by atoms with Crippen molar-refractivity contribution >= 4 is 17.2 Å². The second-order valence-electron chi connectivity index (χ2n) is 5.18. The van der Waals surface area contributed by atoms with Crippen LogP contribution in [0.4, 0.5) is 0 Å². The van der Waals surface area contributed by atoms with Gasteiger partial charge in [-0.25, -0.2) is 0 Å². The Kier molecular flexibility index (Phi) is 5.20. The molecule has 1 amide bonds. The monoisotopic (exact) mass is 306 g/mol. The number of nitrogens with zero attached hydrogens (tertiary/aromatic N) is 1. The second kappa shape index (κ2) is 6.91. The summed E-state index contributed by atoms with van der Waals surface area (Å²) in [5, 5.41) is 2.01. The van der Waals surface area contributed by atoms with E-state index in [1.807, 2.05) is 43.5 Å². The minimum absolute atomic E-state index is 0.0164. The van der Waals surface area contributed by atoms with Crippen molar-refractivity contribution in [3.8, 4) is 0 Å². The number of hydrogen-bond donors (Lipinski definition) is 1. The van der Waals surface area contributed by atoms with Gasteiger partial charge in [-0.2, -0.15) is 0 Å². The Morgan fingerprint density at radius 2 is 2.05 bits per heavy atom.